The molecule has 1 aromatic heterocycles. The standard InChI is InChI=1S/C11H17ClN2O2S/c1-9(5-6-12)8-14-11-10(17(2,15)16)4-3-7-13-11/h3-4,7,9H,5-6,8H2,1-2H3,(H,13,14). The van der Waals surface area contributed by atoms with E-state index in [0.29, 0.717) is 24.2 Å². The summed E-state index contributed by atoms with van der Waals surface area (Å²) in [4.78, 5) is 4.29. The van der Waals surface area contributed by atoms with Crippen LogP contribution in [0.5, 0.6) is 0 Å². The van der Waals surface area contributed by atoms with E-state index in [0.717, 1.165) is 6.42 Å². The second-order valence-corrected chi connectivity index (χ2v) is 6.45. The van der Waals surface area contributed by atoms with Crippen molar-refractivity contribution in [2.75, 3.05) is 24.0 Å². The second kappa shape index (κ2) is 6.21. The molecule has 0 spiro atoms. The van der Waals surface area contributed by atoms with Crippen LogP contribution in [0.2, 0.25) is 0 Å². The van der Waals surface area contributed by atoms with Gasteiger partial charge in [-0.1, -0.05) is 6.92 Å². The average molecular weight is 277 g/mol. The number of rotatable bonds is 6. The number of hydrogen-bond donors (Lipinski definition) is 1. The number of pyridine rings is 1. The van der Waals surface area contributed by atoms with Crippen LogP contribution in [0.25, 0.3) is 0 Å². The summed E-state index contributed by atoms with van der Waals surface area (Å²) in [6.45, 7) is 2.71. The van der Waals surface area contributed by atoms with Crippen LogP contribution in [0.1, 0.15) is 13.3 Å². The fourth-order valence-corrected chi connectivity index (χ4v) is 2.56. The summed E-state index contributed by atoms with van der Waals surface area (Å²) in [6.07, 6.45) is 3.64. The van der Waals surface area contributed by atoms with Gasteiger partial charge in [0.05, 0.1) is 0 Å². The van der Waals surface area contributed by atoms with Crippen molar-refractivity contribution in [1.82, 2.24) is 4.98 Å². The third kappa shape index (κ3) is 4.52. The molecule has 0 aromatic carbocycles. The summed E-state index contributed by atoms with van der Waals surface area (Å²) >= 11 is 5.64. The van der Waals surface area contributed by atoms with E-state index in [1.807, 2.05) is 0 Å². The summed E-state index contributed by atoms with van der Waals surface area (Å²) in [5, 5.41) is 3.06. The number of anilines is 1. The van der Waals surface area contributed by atoms with Crippen molar-refractivity contribution in [2.24, 2.45) is 5.92 Å². The summed E-state index contributed by atoms with van der Waals surface area (Å²) < 4.78 is 23.0. The highest BCUT2D eigenvalue weighted by atomic mass is 35.5. The molecule has 17 heavy (non-hydrogen) atoms. The summed E-state index contributed by atoms with van der Waals surface area (Å²) in [7, 11) is -3.24. The van der Waals surface area contributed by atoms with Crippen molar-refractivity contribution in [3.05, 3.63) is 18.3 Å². The van der Waals surface area contributed by atoms with Crippen molar-refractivity contribution in [2.45, 2.75) is 18.2 Å². The fourth-order valence-electron chi connectivity index (χ4n) is 1.38. The molecule has 1 atom stereocenters. The lowest BCUT2D eigenvalue weighted by atomic mass is 10.1. The molecule has 6 heteroatoms. The quantitative estimate of drug-likeness (QED) is 0.809. The summed E-state index contributed by atoms with van der Waals surface area (Å²) in [6, 6.07) is 3.17. The van der Waals surface area contributed by atoms with Gasteiger partial charge in [0.1, 0.15) is 10.7 Å². The van der Waals surface area contributed by atoms with Gasteiger partial charge < -0.3 is 5.32 Å². The Morgan fingerprint density at radius 2 is 2.24 bits per heavy atom. The Bertz CT molecular complexity index is 462. The minimum atomic E-state index is -3.24. The molecule has 1 aromatic rings. The molecule has 0 amide bonds. The van der Waals surface area contributed by atoms with E-state index in [-0.39, 0.29) is 4.90 Å². The minimum Gasteiger partial charge on any atom is -0.369 e. The number of nitrogens with zero attached hydrogens (tertiary/aromatic N) is 1. The first kappa shape index (κ1) is 14.3. The molecule has 4 nitrogen and oxygen atoms in total. The number of alkyl halides is 1. The van der Waals surface area contributed by atoms with Crippen LogP contribution in [-0.2, 0) is 9.84 Å². The molecule has 0 radical (unpaired) electrons. The molecular weight excluding hydrogens is 260 g/mol. The van der Waals surface area contributed by atoms with Gasteiger partial charge in [-0.15, -0.1) is 11.6 Å². The lowest BCUT2D eigenvalue weighted by Gasteiger charge is -2.13. The molecule has 1 N–H and O–H groups in total. The number of sulfone groups is 1. The first-order chi connectivity index (χ1) is 7.95. The molecular formula is C11H17ClN2O2S. The molecule has 0 saturated heterocycles. The van der Waals surface area contributed by atoms with Gasteiger partial charge in [-0.25, -0.2) is 13.4 Å². The van der Waals surface area contributed by atoms with Crippen LogP contribution in [0, 0.1) is 5.92 Å². The zero-order valence-corrected chi connectivity index (χ0v) is 11.6. The first-order valence-electron chi connectivity index (χ1n) is 5.40. The van der Waals surface area contributed by atoms with E-state index in [9.17, 15) is 8.42 Å². The molecule has 0 aliphatic heterocycles. The molecule has 96 valence electrons. The van der Waals surface area contributed by atoms with E-state index in [1.165, 1.54) is 6.26 Å². The van der Waals surface area contributed by atoms with Gasteiger partial charge in [-0.3, -0.25) is 0 Å². The van der Waals surface area contributed by atoms with E-state index >= 15 is 0 Å². The van der Waals surface area contributed by atoms with Gasteiger partial charge in [0, 0.05) is 24.9 Å². The highest BCUT2D eigenvalue weighted by molar-refractivity contribution is 7.90. The second-order valence-electron chi connectivity index (χ2n) is 4.09. The van der Waals surface area contributed by atoms with Gasteiger partial charge in [0.15, 0.2) is 9.84 Å². The highest BCUT2D eigenvalue weighted by Crippen LogP contribution is 2.18. The predicted octanol–water partition coefficient (Wildman–Crippen LogP) is 2.16. The number of nitrogens with one attached hydrogen (secondary N) is 1. The highest BCUT2D eigenvalue weighted by Gasteiger charge is 2.14. The minimum absolute atomic E-state index is 0.234. The molecule has 0 saturated carbocycles. The Morgan fingerprint density at radius 3 is 2.82 bits per heavy atom. The molecule has 0 aliphatic carbocycles. The smallest absolute Gasteiger partial charge is 0.179 e. The lowest BCUT2D eigenvalue weighted by Crippen LogP contribution is -2.15. The predicted molar refractivity (Wildman–Crippen MR) is 70.3 cm³/mol. The van der Waals surface area contributed by atoms with Gasteiger partial charge >= 0.3 is 0 Å². The van der Waals surface area contributed by atoms with Crippen molar-refractivity contribution in [3.63, 3.8) is 0 Å². The first-order valence-corrected chi connectivity index (χ1v) is 7.82. The molecule has 0 aliphatic rings. The Hall–Kier alpha value is -0.810. The fraction of sp³-hybridized carbons (Fsp3) is 0.545. The largest absolute Gasteiger partial charge is 0.369 e. The van der Waals surface area contributed by atoms with Crippen LogP contribution < -0.4 is 5.32 Å². The number of aromatic nitrogens is 1. The van der Waals surface area contributed by atoms with Gasteiger partial charge in [0.2, 0.25) is 0 Å². The van der Waals surface area contributed by atoms with Gasteiger partial charge in [-0.05, 0) is 24.5 Å². The number of halogens is 1. The maximum Gasteiger partial charge on any atom is 0.179 e. The SMILES string of the molecule is CC(CCCl)CNc1ncccc1S(C)(=O)=O. The third-order valence-electron chi connectivity index (χ3n) is 2.39. The molecule has 1 rings (SSSR count). The topological polar surface area (TPSA) is 59.1 Å². The normalized spacial score (nSPS) is 13.4. The monoisotopic (exact) mass is 276 g/mol. The van der Waals surface area contributed by atoms with Crippen LogP contribution in [0.15, 0.2) is 23.2 Å². The molecule has 0 bridgehead atoms. The maximum atomic E-state index is 11.5. The van der Waals surface area contributed by atoms with Crippen LogP contribution in [0.3, 0.4) is 0 Å². The maximum absolute atomic E-state index is 11.5. The molecule has 0 fully saturated rings. The van der Waals surface area contributed by atoms with E-state index < -0.39 is 9.84 Å². The van der Waals surface area contributed by atoms with Crippen molar-refractivity contribution >= 4 is 27.3 Å². The van der Waals surface area contributed by atoms with Gasteiger partial charge in [-0.2, -0.15) is 0 Å². The Labute approximate surface area is 107 Å². The van der Waals surface area contributed by atoms with Crippen LogP contribution >= 0.6 is 11.6 Å². The summed E-state index contributed by atoms with van der Waals surface area (Å²) in [5.41, 5.74) is 0. The van der Waals surface area contributed by atoms with E-state index in [2.05, 4.69) is 17.2 Å². The van der Waals surface area contributed by atoms with Crippen LogP contribution in [0.4, 0.5) is 5.82 Å². The van der Waals surface area contributed by atoms with Gasteiger partial charge in [0.25, 0.3) is 0 Å². The number of hydrogen-bond acceptors (Lipinski definition) is 4. The zero-order chi connectivity index (χ0) is 12.9. The zero-order valence-electron chi connectivity index (χ0n) is 9.98. The van der Waals surface area contributed by atoms with Crippen molar-refractivity contribution in [1.29, 1.82) is 0 Å². The Morgan fingerprint density at radius 1 is 1.53 bits per heavy atom. The molecule has 1 unspecified atom stereocenters. The van der Waals surface area contributed by atoms with Crippen molar-refractivity contribution < 1.29 is 8.42 Å². The van der Waals surface area contributed by atoms with Crippen molar-refractivity contribution in [3.8, 4) is 0 Å². The molecule has 1 heterocycles. The van der Waals surface area contributed by atoms with E-state index in [1.54, 1.807) is 18.3 Å². The Balaban J connectivity index is 2.78. The van der Waals surface area contributed by atoms with E-state index in [4.69, 9.17) is 11.6 Å². The van der Waals surface area contributed by atoms with Crippen LogP contribution in [-0.4, -0.2) is 32.1 Å². The third-order valence-corrected chi connectivity index (χ3v) is 3.74. The average Bonchev–Trinajstić information content (AvgIpc) is 2.26. The Kier molecular flexibility index (Phi) is 5.21. The lowest BCUT2D eigenvalue weighted by molar-refractivity contribution is 0.591. The summed E-state index contributed by atoms with van der Waals surface area (Å²) in [5.74, 6) is 1.39.